The van der Waals surface area contributed by atoms with Crippen molar-refractivity contribution in [1.29, 1.82) is 0 Å². The van der Waals surface area contributed by atoms with Gasteiger partial charge in [-0.25, -0.2) is 4.98 Å². The Balaban J connectivity index is 2.23. The zero-order valence-corrected chi connectivity index (χ0v) is 17.1. The highest BCUT2D eigenvalue weighted by atomic mass is 16.1. The maximum Gasteiger partial charge on any atom is 0.254 e. The number of aromatic nitrogens is 2. The summed E-state index contributed by atoms with van der Waals surface area (Å²) >= 11 is 0. The lowest BCUT2D eigenvalue weighted by Crippen LogP contribution is -2.37. The average Bonchev–Trinajstić information content (AvgIpc) is 2.68. The molecule has 0 saturated carbocycles. The highest BCUT2D eigenvalue weighted by Crippen LogP contribution is 2.22. The third-order valence-corrected chi connectivity index (χ3v) is 4.04. The molecule has 0 bridgehead atoms. The van der Waals surface area contributed by atoms with Gasteiger partial charge in [-0.05, 0) is 42.7 Å². The highest BCUT2D eigenvalue weighted by molar-refractivity contribution is 5.98. The van der Waals surface area contributed by atoms with Crippen molar-refractivity contribution in [3.05, 3.63) is 61.0 Å². The fourth-order valence-electron chi connectivity index (χ4n) is 2.60. The number of hydrogen-bond acceptors (Lipinski definition) is 7. The van der Waals surface area contributed by atoms with Gasteiger partial charge in [-0.1, -0.05) is 26.5 Å². The van der Waals surface area contributed by atoms with Crippen LogP contribution in [0.25, 0.3) is 0 Å². The van der Waals surface area contributed by atoms with E-state index in [0.717, 1.165) is 5.69 Å². The van der Waals surface area contributed by atoms with Gasteiger partial charge in [0, 0.05) is 23.8 Å². The zero-order chi connectivity index (χ0) is 22.1. The van der Waals surface area contributed by atoms with E-state index in [9.17, 15) is 9.59 Å². The van der Waals surface area contributed by atoms with E-state index in [1.807, 2.05) is 38.1 Å². The van der Waals surface area contributed by atoms with Crippen LogP contribution in [0.5, 0.6) is 0 Å². The summed E-state index contributed by atoms with van der Waals surface area (Å²) in [5.74, 6) is -0.550. The van der Waals surface area contributed by atoms with Crippen molar-refractivity contribution in [2.24, 2.45) is 17.4 Å². The molecule has 2 amide bonds. The Morgan fingerprint density at radius 1 is 1.17 bits per heavy atom. The van der Waals surface area contributed by atoms with Crippen molar-refractivity contribution in [1.82, 2.24) is 9.97 Å². The molecule has 0 aliphatic heterocycles. The molecule has 0 radical (unpaired) electrons. The number of nitrogens with one attached hydrogen (secondary N) is 3. The fraction of sp³-hybridized carbons (Fsp3) is 0.238. The molecule has 1 heterocycles. The Hall–Kier alpha value is -3.88. The molecule has 9 nitrogen and oxygen atoms in total. The summed E-state index contributed by atoms with van der Waals surface area (Å²) in [4.78, 5) is 31.9. The average molecular weight is 409 g/mol. The molecule has 0 aliphatic rings. The topological polar surface area (TPSA) is 148 Å². The number of carbonyl (C=O) groups excluding carboxylic acids is 2. The largest absolute Gasteiger partial charge is 0.368 e. The minimum Gasteiger partial charge on any atom is -0.368 e. The van der Waals surface area contributed by atoms with Gasteiger partial charge in [0.1, 0.15) is 17.4 Å². The summed E-state index contributed by atoms with van der Waals surface area (Å²) in [5.41, 5.74) is 12.6. The van der Waals surface area contributed by atoms with Crippen LogP contribution in [0.1, 0.15) is 30.6 Å². The normalized spacial score (nSPS) is 11.8. The molecule has 0 spiro atoms. The van der Waals surface area contributed by atoms with Crippen LogP contribution in [0, 0.1) is 5.92 Å². The van der Waals surface area contributed by atoms with Gasteiger partial charge in [0.2, 0.25) is 11.9 Å². The Kier molecular flexibility index (Phi) is 7.92. The van der Waals surface area contributed by atoms with Crippen molar-refractivity contribution >= 4 is 35.0 Å². The Morgan fingerprint density at radius 2 is 1.83 bits per heavy atom. The second kappa shape index (κ2) is 10.6. The van der Waals surface area contributed by atoms with Crippen molar-refractivity contribution in [2.75, 3.05) is 16.0 Å². The first-order chi connectivity index (χ1) is 14.3. The first kappa shape index (κ1) is 22.4. The molecule has 1 aromatic heterocycles. The van der Waals surface area contributed by atoms with E-state index >= 15 is 0 Å². The van der Waals surface area contributed by atoms with Gasteiger partial charge >= 0.3 is 0 Å². The molecule has 30 heavy (non-hydrogen) atoms. The Morgan fingerprint density at radius 3 is 2.40 bits per heavy atom. The molecule has 2 rings (SSSR count). The van der Waals surface area contributed by atoms with Gasteiger partial charge in [0.15, 0.2) is 0 Å². The smallest absolute Gasteiger partial charge is 0.254 e. The number of rotatable bonds is 11. The van der Waals surface area contributed by atoms with Crippen molar-refractivity contribution in [3.63, 3.8) is 0 Å². The lowest BCUT2D eigenvalue weighted by molar-refractivity contribution is -0.119. The predicted octanol–water partition coefficient (Wildman–Crippen LogP) is 2.74. The molecule has 0 saturated heterocycles. The summed E-state index contributed by atoms with van der Waals surface area (Å²) in [6.45, 7) is 7.57. The van der Waals surface area contributed by atoms with Crippen LogP contribution in [0.2, 0.25) is 0 Å². The third kappa shape index (κ3) is 6.62. The van der Waals surface area contributed by atoms with Gasteiger partial charge in [0.05, 0.1) is 0 Å². The van der Waals surface area contributed by atoms with Crippen LogP contribution >= 0.6 is 0 Å². The van der Waals surface area contributed by atoms with Gasteiger partial charge < -0.3 is 27.4 Å². The minimum absolute atomic E-state index is 0.121. The Labute approximate surface area is 175 Å². The number of amides is 2. The summed E-state index contributed by atoms with van der Waals surface area (Å²) in [6.07, 6.45) is 7.03. The van der Waals surface area contributed by atoms with Crippen LogP contribution in [0.3, 0.4) is 0 Å². The molecule has 0 unspecified atom stereocenters. The van der Waals surface area contributed by atoms with E-state index in [2.05, 4.69) is 32.5 Å². The fourth-order valence-corrected chi connectivity index (χ4v) is 2.60. The molecular weight excluding hydrogens is 382 g/mol. The lowest BCUT2D eigenvalue weighted by Gasteiger charge is -2.18. The van der Waals surface area contributed by atoms with E-state index in [0.29, 0.717) is 12.1 Å². The van der Waals surface area contributed by atoms with Crippen LogP contribution in [-0.2, 0) is 4.79 Å². The molecule has 0 aliphatic carbocycles. The number of hydrogen-bond donors (Lipinski definition) is 5. The second-order valence-electron chi connectivity index (χ2n) is 6.99. The monoisotopic (exact) mass is 409 g/mol. The van der Waals surface area contributed by atoms with Crippen LogP contribution < -0.4 is 27.4 Å². The zero-order valence-electron chi connectivity index (χ0n) is 17.1. The third-order valence-electron chi connectivity index (χ3n) is 4.04. The molecule has 0 fully saturated rings. The number of allylic oxidation sites excluding steroid dienone is 2. The van der Waals surface area contributed by atoms with Crippen LogP contribution in [-0.4, -0.2) is 27.8 Å². The van der Waals surface area contributed by atoms with Gasteiger partial charge in [0.25, 0.3) is 5.91 Å². The van der Waals surface area contributed by atoms with Gasteiger partial charge in [-0.2, -0.15) is 4.98 Å². The number of primary amides is 2. The van der Waals surface area contributed by atoms with Crippen molar-refractivity contribution < 1.29 is 9.59 Å². The molecule has 9 heteroatoms. The first-order valence-electron chi connectivity index (χ1n) is 9.44. The molecule has 1 atom stereocenters. The van der Waals surface area contributed by atoms with E-state index in [1.165, 1.54) is 6.20 Å². The number of nitrogens with zero attached hydrogens (tertiary/aromatic N) is 2. The molecule has 158 valence electrons. The van der Waals surface area contributed by atoms with Gasteiger partial charge in [-0.3, -0.25) is 9.59 Å². The molecule has 1 aromatic carbocycles. The van der Waals surface area contributed by atoms with E-state index in [1.54, 1.807) is 18.4 Å². The summed E-state index contributed by atoms with van der Waals surface area (Å²) in [5, 5.41) is 9.08. The van der Waals surface area contributed by atoms with E-state index in [-0.39, 0.29) is 23.2 Å². The number of carbonyl (C=O) groups is 2. The summed E-state index contributed by atoms with van der Waals surface area (Å²) in [6, 6.07) is 6.70. The number of anilines is 4. The van der Waals surface area contributed by atoms with Crippen molar-refractivity contribution in [3.8, 4) is 0 Å². The quantitative estimate of drug-likeness (QED) is 0.358. The predicted molar refractivity (Wildman–Crippen MR) is 119 cm³/mol. The maximum absolute atomic E-state index is 11.8. The summed E-state index contributed by atoms with van der Waals surface area (Å²) < 4.78 is 0. The molecule has 7 N–H and O–H groups in total. The Bertz CT molecular complexity index is 923. The number of benzene rings is 1. The number of nitrogens with two attached hydrogens (primary N) is 2. The summed E-state index contributed by atoms with van der Waals surface area (Å²) in [7, 11) is 0. The first-order valence-corrected chi connectivity index (χ1v) is 9.44. The van der Waals surface area contributed by atoms with E-state index < -0.39 is 17.9 Å². The standard InChI is InChI=1S/C21H27N7O2/c1-4-5-10-24-14-6-8-15(9-7-14)26-20-16(18(22)29)12-25-21(28-20)27-17(19(23)30)11-13(2)3/h4-10,12-13,17,24H,1,11H2,2-3H3,(H2,22,29)(H2,23,30)(H2,25,26,27,28)/b10-5-/t17-/m1/s1. The van der Waals surface area contributed by atoms with Gasteiger partial charge in [-0.15, -0.1) is 0 Å². The lowest BCUT2D eigenvalue weighted by atomic mass is 10.0. The SMILES string of the molecule is C=C/C=C\Nc1ccc(Nc2nc(N[C@H](CC(C)C)C(N)=O)ncc2C(N)=O)cc1. The molecular formula is C21H27N7O2. The minimum atomic E-state index is -0.675. The maximum atomic E-state index is 11.8. The highest BCUT2D eigenvalue weighted by Gasteiger charge is 2.19. The van der Waals surface area contributed by atoms with Crippen LogP contribution in [0.15, 0.2) is 55.4 Å². The van der Waals surface area contributed by atoms with E-state index in [4.69, 9.17) is 11.5 Å². The molecule has 2 aromatic rings. The second-order valence-corrected chi connectivity index (χ2v) is 6.99. The van der Waals surface area contributed by atoms with Crippen molar-refractivity contribution in [2.45, 2.75) is 26.3 Å². The van der Waals surface area contributed by atoms with Crippen LogP contribution in [0.4, 0.5) is 23.1 Å².